The number of hydrogen-bond acceptors (Lipinski definition) is 2. The lowest BCUT2D eigenvalue weighted by Crippen LogP contribution is -2.90. The smallest absolute Gasteiger partial charge is 0.0958 e. The van der Waals surface area contributed by atoms with Crippen LogP contribution in [-0.2, 0) is 4.74 Å². The summed E-state index contributed by atoms with van der Waals surface area (Å²) >= 11 is 2.08. The molecule has 1 aliphatic rings. The van der Waals surface area contributed by atoms with Crippen molar-refractivity contribution in [2.75, 3.05) is 31.8 Å². The molecule has 0 aromatic rings. The molecule has 2 nitrogen and oxygen atoms in total. The van der Waals surface area contributed by atoms with E-state index in [1.165, 1.54) is 30.9 Å². The van der Waals surface area contributed by atoms with E-state index >= 15 is 0 Å². The van der Waals surface area contributed by atoms with E-state index in [1.807, 2.05) is 0 Å². The molecular formula is C8H18NOS+. The number of nitrogens with two attached hydrogens (primary N) is 1. The number of ether oxygens (including phenoxy) is 1. The second-order valence-corrected chi connectivity index (χ2v) is 4.14. The van der Waals surface area contributed by atoms with Crippen molar-refractivity contribution in [2.24, 2.45) is 0 Å². The molecular weight excluding hydrogens is 158 g/mol. The van der Waals surface area contributed by atoms with Crippen LogP contribution in [0.4, 0.5) is 0 Å². The van der Waals surface area contributed by atoms with Gasteiger partial charge in [-0.05, 0) is 5.75 Å². The van der Waals surface area contributed by atoms with Gasteiger partial charge in [0, 0.05) is 25.7 Å². The zero-order valence-corrected chi connectivity index (χ0v) is 8.03. The van der Waals surface area contributed by atoms with Crippen molar-refractivity contribution in [3.05, 3.63) is 0 Å². The van der Waals surface area contributed by atoms with Crippen LogP contribution in [0.2, 0.25) is 0 Å². The second kappa shape index (κ2) is 5.86. The van der Waals surface area contributed by atoms with E-state index in [4.69, 9.17) is 4.74 Å². The molecule has 1 rings (SSSR count). The van der Waals surface area contributed by atoms with Crippen LogP contribution in [0.5, 0.6) is 0 Å². The van der Waals surface area contributed by atoms with Gasteiger partial charge in [0.15, 0.2) is 0 Å². The predicted molar refractivity (Wildman–Crippen MR) is 49.0 cm³/mol. The average Bonchev–Trinajstić information content (AvgIpc) is 2.50. The lowest BCUT2D eigenvalue weighted by molar-refractivity contribution is -0.684. The summed E-state index contributed by atoms with van der Waals surface area (Å²) in [6.45, 7) is 2.15. The minimum absolute atomic E-state index is 0.900. The van der Waals surface area contributed by atoms with Gasteiger partial charge in [-0.25, -0.2) is 0 Å². The summed E-state index contributed by atoms with van der Waals surface area (Å²) in [7, 11) is 1.77. The first-order chi connectivity index (χ1) is 5.43. The van der Waals surface area contributed by atoms with E-state index in [0.717, 1.165) is 12.6 Å². The molecule has 2 N–H and O–H groups in total. The molecule has 66 valence electrons. The van der Waals surface area contributed by atoms with Gasteiger partial charge < -0.3 is 10.1 Å². The average molecular weight is 176 g/mol. The molecule has 1 saturated heterocycles. The highest BCUT2D eigenvalue weighted by molar-refractivity contribution is 7.99. The molecule has 0 spiro atoms. The zero-order valence-electron chi connectivity index (χ0n) is 7.21. The fourth-order valence-electron chi connectivity index (χ4n) is 1.32. The number of thioether (sulfide) groups is 1. The Morgan fingerprint density at radius 1 is 1.64 bits per heavy atom. The van der Waals surface area contributed by atoms with Crippen LogP contribution >= 0.6 is 11.8 Å². The van der Waals surface area contributed by atoms with Crippen LogP contribution in [0.1, 0.15) is 12.8 Å². The molecule has 11 heavy (non-hydrogen) atoms. The largest absolute Gasteiger partial charge is 0.384 e. The Morgan fingerprint density at radius 2 is 2.55 bits per heavy atom. The molecule has 0 aromatic carbocycles. The van der Waals surface area contributed by atoms with Gasteiger partial charge in [-0.2, -0.15) is 11.8 Å². The molecule has 1 atom stereocenters. The van der Waals surface area contributed by atoms with Gasteiger partial charge in [-0.1, -0.05) is 0 Å². The van der Waals surface area contributed by atoms with Gasteiger partial charge in [0.1, 0.15) is 0 Å². The van der Waals surface area contributed by atoms with E-state index in [2.05, 4.69) is 17.1 Å². The summed E-state index contributed by atoms with van der Waals surface area (Å²) < 4.78 is 4.98. The van der Waals surface area contributed by atoms with Crippen LogP contribution < -0.4 is 5.32 Å². The Bertz CT molecular complexity index is 94.1. The minimum Gasteiger partial charge on any atom is -0.384 e. The first-order valence-corrected chi connectivity index (χ1v) is 5.49. The van der Waals surface area contributed by atoms with Gasteiger partial charge in [-0.15, -0.1) is 0 Å². The fourth-order valence-corrected chi connectivity index (χ4v) is 2.56. The van der Waals surface area contributed by atoms with Crippen molar-refractivity contribution in [2.45, 2.75) is 18.9 Å². The standard InChI is InChI=1S/C8H17NOS/c1-10-5-2-4-9-8-3-6-11-7-8/h8-9H,2-7H2,1H3/p+1/t8-/m0/s1. The molecule has 0 aromatic heterocycles. The van der Waals surface area contributed by atoms with Gasteiger partial charge >= 0.3 is 0 Å². The van der Waals surface area contributed by atoms with E-state index in [1.54, 1.807) is 7.11 Å². The van der Waals surface area contributed by atoms with Gasteiger partial charge in [0.25, 0.3) is 0 Å². The van der Waals surface area contributed by atoms with Crippen molar-refractivity contribution < 1.29 is 10.1 Å². The van der Waals surface area contributed by atoms with Crippen LogP contribution in [0.3, 0.4) is 0 Å². The van der Waals surface area contributed by atoms with E-state index < -0.39 is 0 Å². The highest BCUT2D eigenvalue weighted by atomic mass is 32.2. The highest BCUT2D eigenvalue weighted by Crippen LogP contribution is 2.13. The third-order valence-electron chi connectivity index (χ3n) is 2.02. The summed E-state index contributed by atoms with van der Waals surface area (Å²) in [5.41, 5.74) is 0. The fraction of sp³-hybridized carbons (Fsp3) is 1.00. The predicted octanol–water partition coefficient (Wildman–Crippen LogP) is 0.0918. The number of rotatable bonds is 5. The maximum atomic E-state index is 4.98. The molecule has 0 aliphatic carbocycles. The first kappa shape index (κ1) is 9.36. The normalized spacial score (nSPS) is 24.3. The molecule has 3 heteroatoms. The third-order valence-corrected chi connectivity index (χ3v) is 3.21. The van der Waals surface area contributed by atoms with Crippen molar-refractivity contribution in [3.63, 3.8) is 0 Å². The van der Waals surface area contributed by atoms with Crippen molar-refractivity contribution >= 4 is 11.8 Å². The van der Waals surface area contributed by atoms with Gasteiger partial charge in [0.2, 0.25) is 0 Å². The van der Waals surface area contributed by atoms with Gasteiger partial charge in [-0.3, -0.25) is 0 Å². The van der Waals surface area contributed by atoms with Crippen molar-refractivity contribution in [1.29, 1.82) is 0 Å². The maximum Gasteiger partial charge on any atom is 0.0958 e. The van der Waals surface area contributed by atoms with Crippen molar-refractivity contribution in [3.8, 4) is 0 Å². The van der Waals surface area contributed by atoms with Crippen LogP contribution in [-0.4, -0.2) is 37.8 Å². The van der Waals surface area contributed by atoms with Crippen molar-refractivity contribution in [1.82, 2.24) is 0 Å². The summed E-state index contributed by atoms with van der Waals surface area (Å²) in [5.74, 6) is 2.72. The highest BCUT2D eigenvalue weighted by Gasteiger charge is 2.17. The summed E-state index contributed by atoms with van der Waals surface area (Å²) in [4.78, 5) is 0. The quantitative estimate of drug-likeness (QED) is 0.601. The Hall–Kier alpha value is 0.270. The molecule has 1 heterocycles. The molecule has 0 saturated carbocycles. The Kier molecular flexibility index (Phi) is 4.99. The summed E-state index contributed by atoms with van der Waals surface area (Å²) in [6.07, 6.45) is 2.59. The lowest BCUT2D eigenvalue weighted by atomic mass is 10.2. The third kappa shape index (κ3) is 3.99. The van der Waals surface area contributed by atoms with Crippen LogP contribution in [0.15, 0.2) is 0 Å². The SMILES string of the molecule is COCCC[NH2+][C@H]1CCSC1. The zero-order chi connectivity index (χ0) is 7.94. The van der Waals surface area contributed by atoms with Crippen LogP contribution in [0, 0.1) is 0 Å². The number of hydrogen-bond donors (Lipinski definition) is 1. The molecule has 0 radical (unpaired) electrons. The number of quaternary nitrogens is 1. The number of methoxy groups -OCH3 is 1. The molecule has 1 aliphatic heterocycles. The molecule has 0 unspecified atom stereocenters. The van der Waals surface area contributed by atoms with E-state index in [9.17, 15) is 0 Å². The topological polar surface area (TPSA) is 25.8 Å². The molecule has 0 bridgehead atoms. The molecule has 0 amide bonds. The summed E-state index contributed by atoms with van der Waals surface area (Å²) in [6, 6.07) is 0.900. The summed E-state index contributed by atoms with van der Waals surface area (Å²) in [5, 5.41) is 2.47. The van der Waals surface area contributed by atoms with E-state index in [0.29, 0.717) is 0 Å². The molecule has 1 fully saturated rings. The monoisotopic (exact) mass is 176 g/mol. The Balaban J connectivity index is 1.86. The Morgan fingerprint density at radius 3 is 3.18 bits per heavy atom. The first-order valence-electron chi connectivity index (χ1n) is 4.33. The minimum atomic E-state index is 0.900. The maximum absolute atomic E-state index is 4.98. The Labute approximate surface area is 73.1 Å². The lowest BCUT2D eigenvalue weighted by Gasteiger charge is -2.06. The van der Waals surface area contributed by atoms with Gasteiger partial charge in [0.05, 0.1) is 19.2 Å². The van der Waals surface area contributed by atoms with Crippen LogP contribution in [0.25, 0.3) is 0 Å². The second-order valence-electron chi connectivity index (χ2n) is 2.99. The van der Waals surface area contributed by atoms with E-state index in [-0.39, 0.29) is 0 Å².